The van der Waals surface area contributed by atoms with Gasteiger partial charge < -0.3 is 5.32 Å². The molecule has 96 valence electrons. The lowest BCUT2D eigenvalue weighted by Crippen LogP contribution is -2.21. The van der Waals surface area contributed by atoms with Crippen LogP contribution in [0.3, 0.4) is 0 Å². The molecular formula is C15H24FN. The Labute approximate surface area is 104 Å². The molecule has 1 N–H and O–H groups in total. The highest BCUT2D eigenvalue weighted by molar-refractivity contribution is 5.19. The zero-order valence-corrected chi connectivity index (χ0v) is 11.4. The maximum atomic E-state index is 13.0. The van der Waals surface area contributed by atoms with Crippen molar-refractivity contribution in [2.45, 2.75) is 46.6 Å². The van der Waals surface area contributed by atoms with Crippen molar-refractivity contribution in [3.63, 3.8) is 0 Å². The molecule has 1 aromatic carbocycles. The normalized spacial score (nSPS) is 13.7. The first-order valence-corrected chi connectivity index (χ1v) is 6.37. The van der Waals surface area contributed by atoms with E-state index >= 15 is 0 Å². The highest BCUT2D eigenvalue weighted by Gasteiger charge is 2.10. The van der Waals surface area contributed by atoms with Crippen LogP contribution in [0.1, 0.15) is 52.1 Å². The van der Waals surface area contributed by atoms with E-state index in [0.717, 1.165) is 18.5 Å². The van der Waals surface area contributed by atoms with Gasteiger partial charge in [0.15, 0.2) is 0 Å². The zero-order chi connectivity index (χ0) is 12.9. The van der Waals surface area contributed by atoms with Crippen LogP contribution >= 0.6 is 0 Å². The lowest BCUT2D eigenvalue weighted by atomic mass is 9.90. The van der Waals surface area contributed by atoms with E-state index in [1.165, 1.54) is 12.5 Å². The van der Waals surface area contributed by atoms with Crippen LogP contribution in [0, 0.1) is 11.2 Å². The second kappa shape index (κ2) is 6.15. The Kier molecular flexibility index (Phi) is 5.13. The minimum absolute atomic E-state index is 0.161. The first-order chi connectivity index (χ1) is 7.88. The van der Waals surface area contributed by atoms with Crippen LogP contribution in [0.25, 0.3) is 0 Å². The number of hydrogen-bond acceptors (Lipinski definition) is 1. The molecule has 0 unspecified atom stereocenters. The molecule has 1 atom stereocenters. The first kappa shape index (κ1) is 14.2. The molecule has 0 aliphatic carbocycles. The third kappa shape index (κ3) is 5.83. The summed E-state index contributed by atoms with van der Waals surface area (Å²) in [7, 11) is 0. The summed E-state index contributed by atoms with van der Waals surface area (Å²) in [5.74, 6) is -0.161. The zero-order valence-electron chi connectivity index (χ0n) is 11.4. The molecule has 0 aliphatic rings. The van der Waals surface area contributed by atoms with Gasteiger partial charge in [0.2, 0.25) is 0 Å². The molecule has 0 saturated heterocycles. The minimum atomic E-state index is -0.161. The summed E-state index contributed by atoms with van der Waals surface area (Å²) in [5, 5.41) is 3.43. The number of benzene rings is 1. The summed E-state index contributed by atoms with van der Waals surface area (Å²) in [4.78, 5) is 0. The van der Waals surface area contributed by atoms with Crippen LogP contribution in [0.4, 0.5) is 4.39 Å². The summed E-state index contributed by atoms with van der Waals surface area (Å²) in [6.07, 6.45) is 2.36. The van der Waals surface area contributed by atoms with Crippen molar-refractivity contribution >= 4 is 0 Å². The number of hydrogen-bond donors (Lipinski definition) is 1. The van der Waals surface area contributed by atoms with E-state index in [9.17, 15) is 4.39 Å². The number of nitrogens with one attached hydrogen (secondary N) is 1. The van der Waals surface area contributed by atoms with Gasteiger partial charge in [-0.05, 0) is 49.4 Å². The van der Waals surface area contributed by atoms with Gasteiger partial charge in [0.05, 0.1) is 0 Å². The third-order valence-electron chi connectivity index (χ3n) is 2.90. The second-order valence-electron chi connectivity index (χ2n) is 5.90. The smallest absolute Gasteiger partial charge is 0.123 e. The second-order valence-corrected chi connectivity index (χ2v) is 5.90. The lowest BCUT2D eigenvalue weighted by Gasteiger charge is -2.19. The van der Waals surface area contributed by atoms with Crippen molar-refractivity contribution in [2.24, 2.45) is 5.41 Å². The molecule has 0 aromatic heterocycles. The first-order valence-electron chi connectivity index (χ1n) is 6.37. The van der Waals surface area contributed by atoms with Crippen molar-refractivity contribution in [3.8, 4) is 0 Å². The fourth-order valence-electron chi connectivity index (χ4n) is 1.83. The maximum absolute atomic E-state index is 13.0. The lowest BCUT2D eigenvalue weighted by molar-refractivity contribution is 0.357. The van der Waals surface area contributed by atoms with Crippen LogP contribution in [-0.4, -0.2) is 6.54 Å². The Hall–Kier alpha value is -0.890. The van der Waals surface area contributed by atoms with Crippen LogP contribution in [0.5, 0.6) is 0 Å². The van der Waals surface area contributed by atoms with Crippen molar-refractivity contribution in [2.75, 3.05) is 6.54 Å². The third-order valence-corrected chi connectivity index (χ3v) is 2.90. The highest BCUT2D eigenvalue weighted by atomic mass is 19.1. The molecule has 0 radical (unpaired) electrons. The predicted octanol–water partition coefficient (Wildman–Crippen LogP) is 4.30. The van der Waals surface area contributed by atoms with Gasteiger partial charge in [-0.15, -0.1) is 0 Å². The molecule has 0 amide bonds. The minimum Gasteiger partial charge on any atom is -0.310 e. The molecule has 0 fully saturated rings. The average molecular weight is 237 g/mol. The van der Waals surface area contributed by atoms with Crippen LogP contribution in [0.2, 0.25) is 0 Å². The van der Waals surface area contributed by atoms with Gasteiger partial charge in [0.25, 0.3) is 0 Å². The summed E-state index contributed by atoms with van der Waals surface area (Å²) in [5.41, 5.74) is 1.41. The SMILES string of the molecule is C[C@@H](NCCCC(C)(C)C)c1cccc(F)c1. The maximum Gasteiger partial charge on any atom is 0.123 e. The molecule has 17 heavy (non-hydrogen) atoms. The summed E-state index contributed by atoms with van der Waals surface area (Å²) >= 11 is 0. The van der Waals surface area contributed by atoms with E-state index in [1.807, 2.05) is 6.07 Å². The van der Waals surface area contributed by atoms with Crippen molar-refractivity contribution in [3.05, 3.63) is 35.6 Å². The fourth-order valence-corrected chi connectivity index (χ4v) is 1.83. The van der Waals surface area contributed by atoms with Crippen LogP contribution in [-0.2, 0) is 0 Å². The van der Waals surface area contributed by atoms with Gasteiger partial charge in [-0.1, -0.05) is 32.9 Å². The summed E-state index contributed by atoms with van der Waals surface area (Å²) in [6, 6.07) is 7.02. The molecule has 0 heterocycles. The Morgan fingerprint density at radius 2 is 2.00 bits per heavy atom. The molecule has 2 heteroatoms. The van der Waals surface area contributed by atoms with Gasteiger partial charge in [-0.25, -0.2) is 4.39 Å². The van der Waals surface area contributed by atoms with Crippen LogP contribution in [0.15, 0.2) is 24.3 Å². The van der Waals surface area contributed by atoms with E-state index in [-0.39, 0.29) is 11.9 Å². The van der Waals surface area contributed by atoms with E-state index in [4.69, 9.17) is 0 Å². The van der Waals surface area contributed by atoms with E-state index in [2.05, 4.69) is 33.0 Å². The summed E-state index contributed by atoms with van der Waals surface area (Å²) in [6.45, 7) is 9.82. The van der Waals surface area contributed by atoms with E-state index in [1.54, 1.807) is 12.1 Å². The average Bonchev–Trinajstić information content (AvgIpc) is 2.23. The van der Waals surface area contributed by atoms with Crippen molar-refractivity contribution in [1.82, 2.24) is 5.32 Å². The van der Waals surface area contributed by atoms with Gasteiger partial charge in [-0.2, -0.15) is 0 Å². The Morgan fingerprint density at radius 3 is 2.59 bits per heavy atom. The predicted molar refractivity (Wildman–Crippen MR) is 71.5 cm³/mol. The molecule has 1 nitrogen and oxygen atoms in total. The van der Waals surface area contributed by atoms with Gasteiger partial charge in [0, 0.05) is 6.04 Å². The summed E-state index contributed by atoms with van der Waals surface area (Å²) < 4.78 is 13.0. The molecule has 0 bridgehead atoms. The standard InChI is InChI=1S/C15H24FN/c1-12(13-7-5-8-14(16)11-13)17-10-6-9-15(2,3)4/h5,7-8,11-12,17H,6,9-10H2,1-4H3/t12-/m1/s1. The Morgan fingerprint density at radius 1 is 1.29 bits per heavy atom. The highest BCUT2D eigenvalue weighted by Crippen LogP contribution is 2.20. The molecular weight excluding hydrogens is 213 g/mol. The Bertz CT molecular complexity index is 341. The molecule has 0 aliphatic heterocycles. The molecule has 1 rings (SSSR count). The monoisotopic (exact) mass is 237 g/mol. The Balaban J connectivity index is 2.33. The van der Waals surface area contributed by atoms with Crippen LogP contribution < -0.4 is 5.32 Å². The largest absolute Gasteiger partial charge is 0.310 e. The van der Waals surface area contributed by atoms with Gasteiger partial charge in [0.1, 0.15) is 5.82 Å². The van der Waals surface area contributed by atoms with E-state index < -0.39 is 0 Å². The molecule has 0 saturated carbocycles. The number of rotatable bonds is 5. The topological polar surface area (TPSA) is 12.0 Å². The van der Waals surface area contributed by atoms with Gasteiger partial charge >= 0.3 is 0 Å². The number of halogens is 1. The quantitative estimate of drug-likeness (QED) is 0.753. The van der Waals surface area contributed by atoms with Crippen molar-refractivity contribution < 1.29 is 4.39 Å². The van der Waals surface area contributed by atoms with E-state index in [0.29, 0.717) is 5.41 Å². The molecule has 1 aromatic rings. The van der Waals surface area contributed by atoms with Crippen molar-refractivity contribution in [1.29, 1.82) is 0 Å². The molecule has 0 spiro atoms. The van der Waals surface area contributed by atoms with Gasteiger partial charge in [-0.3, -0.25) is 0 Å². The fraction of sp³-hybridized carbons (Fsp3) is 0.600.